The highest BCUT2D eigenvalue weighted by Crippen LogP contribution is 2.41. The fourth-order valence-corrected chi connectivity index (χ4v) is 3.49. The largest absolute Gasteiger partial charge is 0.0587 e. The van der Waals surface area contributed by atoms with Gasteiger partial charge in [0.1, 0.15) is 0 Å². The third-order valence-corrected chi connectivity index (χ3v) is 4.32. The summed E-state index contributed by atoms with van der Waals surface area (Å²) in [7, 11) is 0. The SMILES string of the molecule is CC(C)c1[c]c(C(C)C)c(C(C)C)c(C(C)C)c1C(C)C. The van der Waals surface area contributed by atoms with Crippen LogP contribution in [-0.2, 0) is 0 Å². The summed E-state index contributed by atoms with van der Waals surface area (Å²) in [6, 6.07) is 3.84. The van der Waals surface area contributed by atoms with E-state index in [4.69, 9.17) is 0 Å². The standard InChI is InChI=1S/C21H35/c1-12(2)17-11-18(13(3)4)20(15(7)8)21(16(9)10)19(17)14(5)6/h12-16H,1-10H3. The molecule has 0 fully saturated rings. The maximum atomic E-state index is 3.84. The Kier molecular flexibility index (Phi) is 6.08. The Balaban J connectivity index is 3.89. The zero-order chi connectivity index (χ0) is 16.5. The van der Waals surface area contributed by atoms with Crippen LogP contribution in [0.4, 0.5) is 0 Å². The summed E-state index contributed by atoms with van der Waals surface area (Å²) in [5.74, 6) is 2.78. The molecule has 0 saturated heterocycles. The molecule has 1 aromatic carbocycles. The van der Waals surface area contributed by atoms with Crippen molar-refractivity contribution in [2.45, 2.75) is 98.8 Å². The first kappa shape index (κ1) is 18.3. The van der Waals surface area contributed by atoms with Gasteiger partial charge in [0.15, 0.2) is 0 Å². The predicted octanol–water partition coefficient (Wildman–Crippen LogP) is 7.10. The van der Waals surface area contributed by atoms with E-state index in [1.165, 1.54) is 11.1 Å². The highest BCUT2D eigenvalue weighted by atomic mass is 14.3. The van der Waals surface area contributed by atoms with E-state index in [1.807, 2.05) is 0 Å². The Morgan fingerprint density at radius 3 is 0.905 bits per heavy atom. The van der Waals surface area contributed by atoms with Crippen LogP contribution in [0.1, 0.15) is 127 Å². The second kappa shape index (κ2) is 6.99. The molecule has 1 rings (SSSR count). The molecule has 0 nitrogen and oxygen atoms in total. The van der Waals surface area contributed by atoms with Gasteiger partial charge in [0.05, 0.1) is 0 Å². The van der Waals surface area contributed by atoms with Crippen LogP contribution in [0.25, 0.3) is 0 Å². The molecule has 0 N–H and O–H groups in total. The van der Waals surface area contributed by atoms with E-state index >= 15 is 0 Å². The Bertz CT molecular complexity index is 435. The van der Waals surface area contributed by atoms with Crippen molar-refractivity contribution >= 4 is 0 Å². The third-order valence-electron chi connectivity index (χ3n) is 4.32. The molecule has 1 radical (unpaired) electrons. The zero-order valence-electron chi connectivity index (χ0n) is 15.9. The summed E-state index contributed by atoms with van der Waals surface area (Å²) in [5.41, 5.74) is 7.62. The monoisotopic (exact) mass is 287 g/mol. The molecule has 0 aromatic heterocycles. The molecule has 0 saturated carbocycles. The van der Waals surface area contributed by atoms with Crippen molar-refractivity contribution in [1.29, 1.82) is 0 Å². The first-order valence-electron chi connectivity index (χ1n) is 8.72. The molecular weight excluding hydrogens is 252 g/mol. The van der Waals surface area contributed by atoms with Crippen molar-refractivity contribution in [1.82, 2.24) is 0 Å². The summed E-state index contributed by atoms with van der Waals surface area (Å²) in [5, 5.41) is 0. The zero-order valence-corrected chi connectivity index (χ0v) is 15.9. The Labute approximate surface area is 133 Å². The average Bonchev–Trinajstić information content (AvgIpc) is 2.34. The van der Waals surface area contributed by atoms with Crippen LogP contribution in [0.2, 0.25) is 0 Å². The van der Waals surface area contributed by atoms with Crippen molar-refractivity contribution in [3.8, 4) is 0 Å². The number of benzene rings is 1. The van der Waals surface area contributed by atoms with Crippen molar-refractivity contribution in [3.63, 3.8) is 0 Å². The lowest BCUT2D eigenvalue weighted by atomic mass is 9.74. The van der Waals surface area contributed by atoms with Crippen LogP contribution in [-0.4, -0.2) is 0 Å². The topological polar surface area (TPSA) is 0 Å². The molecule has 0 amide bonds. The van der Waals surface area contributed by atoms with Gasteiger partial charge in [-0.3, -0.25) is 0 Å². The lowest BCUT2D eigenvalue weighted by molar-refractivity contribution is 0.697. The summed E-state index contributed by atoms with van der Waals surface area (Å²) in [4.78, 5) is 0. The maximum absolute atomic E-state index is 3.84. The number of hydrogen-bond acceptors (Lipinski definition) is 0. The van der Waals surface area contributed by atoms with Gasteiger partial charge < -0.3 is 0 Å². The Morgan fingerprint density at radius 2 is 0.714 bits per heavy atom. The molecule has 0 bridgehead atoms. The molecule has 0 unspecified atom stereocenters. The van der Waals surface area contributed by atoms with Gasteiger partial charge in [-0.15, -0.1) is 0 Å². The van der Waals surface area contributed by atoms with E-state index < -0.39 is 0 Å². The molecule has 0 aliphatic carbocycles. The van der Waals surface area contributed by atoms with Crippen molar-refractivity contribution in [2.75, 3.05) is 0 Å². The van der Waals surface area contributed by atoms with E-state index in [0.29, 0.717) is 29.6 Å². The highest BCUT2D eigenvalue weighted by Gasteiger charge is 2.25. The summed E-state index contributed by atoms with van der Waals surface area (Å²) < 4.78 is 0. The lowest BCUT2D eigenvalue weighted by Crippen LogP contribution is -2.14. The van der Waals surface area contributed by atoms with Gasteiger partial charge in [-0.25, -0.2) is 0 Å². The van der Waals surface area contributed by atoms with Crippen molar-refractivity contribution in [2.24, 2.45) is 0 Å². The number of rotatable bonds is 5. The van der Waals surface area contributed by atoms with Gasteiger partial charge in [-0.2, -0.15) is 0 Å². The van der Waals surface area contributed by atoms with Crippen LogP contribution in [0.15, 0.2) is 0 Å². The normalized spacial score (nSPS) is 12.5. The summed E-state index contributed by atoms with van der Waals surface area (Å²) in [6.45, 7) is 23.3. The van der Waals surface area contributed by atoms with Gasteiger partial charge in [0, 0.05) is 0 Å². The highest BCUT2D eigenvalue weighted by molar-refractivity contribution is 5.51. The van der Waals surface area contributed by atoms with Crippen molar-refractivity contribution < 1.29 is 0 Å². The molecule has 1 aromatic rings. The minimum absolute atomic E-state index is 0.540. The van der Waals surface area contributed by atoms with Gasteiger partial charge >= 0.3 is 0 Å². The maximum Gasteiger partial charge on any atom is -0.0103 e. The third kappa shape index (κ3) is 3.71. The van der Waals surface area contributed by atoms with Gasteiger partial charge in [0.2, 0.25) is 0 Å². The molecule has 119 valence electrons. The van der Waals surface area contributed by atoms with Gasteiger partial charge in [-0.1, -0.05) is 69.2 Å². The molecule has 0 aliphatic heterocycles. The van der Waals surface area contributed by atoms with E-state index in [9.17, 15) is 0 Å². The quantitative estimate of drug-likeness (QED) is 0.541. The molecular formula is C21H35. The first-order chi connectivity index (χ1) is 9.59. The van der Waals surface area contributed by atoms with Crippen LogP contribution in [0, 0.1) is 6.07 Å². The summed E-state index contributed by atoms with van der Waals surface area (Å²) >= 11 is 0. The number of hydrogen-bond donors (Lipinski definition) is 0. The molecule has 0 aliphatic rings. The van der Waals surface area contributed by atoms with Gasteiger partial charge in [-0.05, 0) is 63.5 Å². The van der Waals surface area contributed by atoms with E-state index in [1.54, 1.807) is 16.7 Å². The van der Waals surface area contributed by atoms with Crippen LogP contribution in [0.3, 0.4) is 0 Å². The second-order valence-electron chi connectivity index (χ2n) is 7.97. The van der Waals surface area contributed by atoms with E-state index in [0.717, 1.165) is 0 Å². The molecule has 0 heterocycles. The van der Waals surface area contributed by atoms with Crippen molar-refractivity contribution in [3.05, 3.63) is 33.9 Å². The fraction of sp³-hybridized carbons (Fsp3) is 0.714. The Hall–Kier alpha value is -0.780. The minimum Gasteiger partial charge on any atom is -0.0587 e. The van der Waals surface area contributed by atoms with Gasteiger partial charge in [0.25, 0.3) is 0 Å². The van der Waals surface area contributed by atoms with Crippen LogP contribution in [0.5, 0.6) is 0 Å². The molecule has 21 heavy (non-hydrogen) atoms. The Morgan fingerprint density at radius 1 is 0.429 bits per heavy atom. The molecule has 0 heteroatoms. The molecule has 0 atom stereocenters. The van der Waals surface area contributed by atoms with Crippen LogP contribution >= 0.6 is 0 Å². The van der Waals surface area contributed by atoms with Crippen LogP contribution < -0.4 is 0 Å². The predicted molar refractivity (Wildman–Crippen MR) is 95.7 cm³/mol. The molecule has 0 spiro atoms. The van der Waals surface area contributed by atoms with E-state index in [-0.39, 0.29) is 0 Å². The fourth-order valence-electron chi connectivity index (χ4n) is 3.49. The van der Waals surface area contributed by atoms with E-state index in [2.05, 4.69) is 75.3 Å². The smallest absolute Gasteiger partial charge is 0.0103 e. The first-order valence-corrected chi connectivity index (χ1v) is 8.72. The average molecular weight is 288 g/mol. The minimum atomic E-state index is 0.540. The lowest BCUT2D eigenvalue weighted by Gasteiger charge is -2.30. The summed E-state index contributed by atoms with van der Waals surface area (Å²) in [6.07, 6.45) is 0. The second-order valence-corrected chi connectivity index (χ2v) is 7.97.